The van der Waals surface area contributed by atoms with E-state index in [2.05, 4.69) is 38.9 Å². The number of pyridine rings is 1. The molecule has 160 valence electrons. The standard InChI is InChI=1S/C24H26N4OS2/c1-15-7-8-16(2)19(14-15)26-20(29)9-12-28-22(23-17(3)10-13-31-23)21(27-24(28)30)18-6-4-5-11-25-18/h4-8,10-11,13-14,21-22H,9,12H2,1-3H3,(H,26,29)(H,27,30)/t21-,22-/m1/s1. The normalized spacial score (nSPS) is 18.2. The van der Waals surface area contributed by atoms with Crippen molar-refractivity contribution in [3.05, 3.63) is 81.3 Å². The lowest BCUT2D eigenvalue weighted by atomic mass is 10.0. The predicted molar refractivity (Wildman–Crippen MR) is 130 cm³/mol. The summed E-state index contributed by atoms with van der Waals surface area (Å²) in [5.74, 6) is -0.0144. The van der Waals surface area contributed by atoms with E-state index in [0.29, 0.717) is 18.1 Å². The summed E-state index contributed by atoms with van der Waals surface area (Å²) in [4.78, 5) is 20.7. The summed E-state index contributed by atoms with van der Waals surface area (Å²) in [5, 5.41) is 9.26. The van der Waals surface area contributed by atoms with Crippen LogP contribution in [0.2, 0.25) is 0 Å². The monoisotopic (exact) mass is 450 g/mol. The fourth-order valence-electron chi connectivity index (χ4n) is 3.92. The fourth-order valence-corrected chi connectivity index (χ4v) is 5.33. The van der Waals surface area contributed by atoms with Gasteiger partial charge >= 0.3 is 0 Å². The molecule has 0 spiro atoms. The molecule has 2 N–H and O–H groups in total. The van der Waals surface area contributed by atoms with Crippen molar-refractivity contribution >= 4 is 40.3 Å². The zero-order chi connectivity index (χ0) is 22.0. The molecule has 2 aromatic heterocycles. The molecule has 1 aromatic carbocycles. The third-order valence-electron chi connectivity index (χ3n) is 5.62. The number of thiocarbonyl (C=S) groups is 1. The molecule has 1 saturated heterocycles. The Morgan fingerprint density at radius 2 is 2.03 bits per heavy atom. The molecule has 3 heterocycles. The smallest absolute Gasteiger partial charge is 0.226 e. The van der Waals surface area contributed by atoms with E-state index >= 15 is 0 Å². The van der Waals surface area contributed by atoms with Crippen LogP contribution in [0.1, 0.15) is 45.8 Å². The molecule has 1 aliphatic rings. The van der Waals surface area contributed by atoms with Crippen molar-refractivity contribution in [3.63, 3.8) is 0 Å². The van der Waals surface area contributed by atoms with Crippen molar-refractivity contribution in [2.45, 2.75) is 39.3 Å². The van der Waals surface area contributed by atoms with E-state index in [9.17, 15) is 4.79 Å². The number of carbonyl (C=O) groups is 1. The van der Waals surface area contributed by atoms with Crippen molar-refractivity contribution in [1.82, 2.24) is 15.2 Å². The highest BCUT2D eigenvalue weighted by atomic mass is 32.1. The maximum Gasteiger partial charge on any atom is 0.226 e. The molecule has 2 atom stereocenters. The van der Waals surface area contributed by atoms with Gasteiger partial charge in [-0.2, -0.15) is 0 Å². The van der Waals surface area contributed by atoms with Crippen molar-refractivity contribution in [2.75, 3.05) is 11.9 Å². The average Bonchev–Trinajstić information content (AvgIpc) is 3.32. The number of hydrogen-bond donors (Lipinski definition) is 2. The lowest BCUT2D eigenvalue weighted by Crippen LogP contribution is -2.32. The van der Waals surface area contributed by atoms with Crippen LogP contribution in [0.25, 0.3) is 0 Å². The quantitative estimate of drug-likeness (QED) is 0.514. The fraction of sp³-hybridized carbons (Fsp3) is 0.292. The molecule has 0 radical (unpaired) electrons. The Balaban J connectivity index is 1.53. The minimum Gasteiger partial charge on any atom is -0.352 e. The SMILES string of the molecule is Cc1ccc(C)c(NC(=O)CCN2C(=S)N[C@H](c3ccccn3)[C@@H]2c2sccc2C)c1. The molecule has 1 fully saturated rings. The minimum atomic E-state index is -0.0480. The minimum absolute atomic E-state index is 0.0101. The van der Waals surface area contributed by atoms with Gasteiger partial charge in [-0.05, 0) is 79.3 Å². The summed E-state index contributed by atoms with van der Waals surface area (Å²) in [6, 6.07) is 14.1. The van der Waals surface area contributed by atoms with Gasteiger partial charge in [0, 0.05) is 29.7 Å². The Kier molecular flexibility index (Phi) is 6.34. The highest BCUT2D eigenvalue weighted by Gasteiger charge is 2.40. The van der Waals surface area contributed by atoms with Crippen LogP contribution in [0.15, 0.2) is 54.0 Å². The van der Waals surface area contributed by atoms with Crippen LogP contribution in [0.4, 0.5) is 5.69 Å². The van der Waals surface area contributed by atoms with E-state index in [1.165, 1.54) is 10.4 Å². The number of thiophene rings is 1. The van der Waals surface area contributed by atoms with Crippen LogP contribution in [0.3, 0.4) is 0 Å². The molecule has 7 heteroatoms. The van der Waals surface area contributed by atoms with Gasteiger partial charge in [-0.1, -0.05) is 18.2 Å². The second kappa shape index (κ2) is 9.16. The average molecular weight is 451 g/mol. The predicted octanol–water partition coefficient (Wildman–Crippen LogP) is 5.07. The van der Waals surface area contributed by atoms with E-state index in [-0.39, 0.29) is 18.0 Å². The Labute approximate surface area is 192 Å². The Morgan fingerprint density at radius 1 is 1.19 bits per heavy atom. The largest absolute Gasteiger partial charge is 0.352 e. The number of rotatable bonds is 6. The van der Waals surface area contributed by atoms with Gasteiger partial charge in [-0.25, -0.2) is 0 Å². The molecular weight excluding hydrogens is 424 g/mol. The van der Waals surface area contributed by atoms with Crippen molar-refractivity contribution in [1.29, 1.82) is 0 Å². The molecule has 0 aliphatic carbocycles. The van der Waals surface area contributed by atoms with E-state index in [1.807, 2.05) is 50.2 Å². The van der Waals surface area contributed by atoms with Crippen LogP contribution < -0.4 is 10.6 Å². The van der Waals surface area contributed by atoms with Crippen molar-refractivity contribution in [2.24, 2.45) is 0 Å². The van der Waals surface area contributed by atoms with Gasteiger partial charge in [0.15, 0.2) is 5.11 Å². The highest BCUT2D eigenvalue weighted by molar-refractivity contribution is 7.80. The molecule has 1 amide bonds. The third kappa shape index (κ3) is 4.62. The molecule has 0 bridgehead atoms. The summed E-state index contributed by atoms with van der Waals surface area (Å²) in [5.41, 5.74) is 5.22. The highest BCUT2D eigenvalue weighted by Crippen LogP contribution is 2.41. The lowest BCUT2D eigenvalue weighted by Gasteiger charge is -2.27. The third-order valence-corrected chi connectivity index (χ3v) is 7.06. The molecule has 0 unspecified atom stereocenters. The number of aryl methyl sites for hydroxylation is 3. The zero-order valence-corrected chi connectivity index (χ0v) is 19.5. The molecule has 3 aromatic rings. The van der Waals surface area contributed by atoms with Gasteiger partial charge < -0.3 is 15.5 Å². The first-order chi connectivity index (χ1) is 14.9. The van der Waals surface area contributed by atoms with Crippen molar-refractivity contribution in [3.8, 4) is 0 Å². The molecule has 31 heavy (non-hydrogen) atoms. The first-order valence-corrected chi connectivity index (χ1v) is 11.6. The van der Waals surface area contributed by atoms with Gasteiger partial charge in [0.25, 0.3) is 0 Å². The number of hydrogen-bond acceptors (Lipinski definition) is 4. The molecular formula is C24H26N4OS2. The molecule has 0 saturated carbocycles. The Bertz CT molecular complexity index is 1100. The van der Waals surface area contributed by atoms with Crippen LogP contribution in [0.5, 0.6) is 0 Å². The van der Waals surface area contributed by atoms with E-state index < -0.39 is 0 Å². The number of anilines is 1. The van der Waals surface area contributed by atoms with Gasteiger partial charge in [-0.3, -0.25) is 9.78 Å². The summed E-state index contributed by atoms with van der Waals surface area (Å²) in [7, 11) is 0. The zero-order valence-electron chi connectivity index (χ0n) is 17.9. The number of aromatic nitrogens is 1. The summed E-state index contributed by atoms with van der Waals surface area (Å²) < 4.78 is 0. The Hall–Kier alpha value is -2.77. The number of nitrogens with one attached hydrogen (secondary N) is 2. The van der Waals surface area contributed by atoms with Gasteiger partial charge in [0.1, 0.15) is 0 Å². The van der Waals surface area contributed by atoms with E-state index in [1.54, 1.807) is 17.5 Å². The topological polar surface area (TPSA) is 57.3 Å². The molecule has 4 rings (SSSR count). The van der Waals surface area contributed by atoms with E-state index in [4.69, 9.17) is 12.2 Å². The van der Waals surface area contributed by atoms with Gasteiger partial charge in [0.05, 0.1) is 17.8 Å². The van der Waals surface area contributed by atoms with Crippen LogP contribution in [0, 0.1) is 20.8 Å². The molecule has 5 nitrogen and oxygen atoms in total. The number of carbonyl (C=O) groups excluding carboxylic acids is 1. The second-order valence-electron chi connectivity index (χ2n) is 7.90. The molecule has 1 aliphatic heterocycles. The summed E-state index contributed by atoms with van der Waals surface area (Å²) in [6.45, 7) is 6.68. The first-order valence-electron chi connectivity index (χ1n) is 10.3. The first kappa shape index (κ1) is 21.5. The summed E-state index contributed by atoms with van der Waals surface area (Å²) in [6.07, 6.45) is 2.16. The maximum atomic E-state index is 12.7. The van der Waals surface area contributed by atoms with Gasteiger partial charge in [-0.15, -0.1) is 11.3 Å². The lowest BCUT2D eigenvalue weighted by molar-refractivity contribution is -0.116. The summed E-state index contributed by atoms with van der Waals surface area (Å²) >= 11 is 7.41. The van der Waals surface area contributed by atoms with E-state index in [0.717, 1.165) is 22.5 Å². The Morgan fingerprint density at radius 3 is 2.74 bits per heavy atom. The van der Waals surface area contributed by atoms with Crippen molar-refractivity contribution < 1.29 is 4.79 Å². The van der Waals surface area contributed by atoms with Gasteiger partial charge in [0.2, 0.25) is 5.91 Å². The second-order valence-corrected chi connectivity index (χ2v) is 9.24. The van der Waals surface area contributed by atoms with Crippen LogP contribution in [-0.4, -0.2) is 27.4 Å². The number of benzene rings is 1. The number of amides is 1. The number of nitrogens with zero attached hydrogens (tertiary/aromatic N) is 2. The maximum absolute atomic E-state index is 12.7. The van der Waals surface area contributed by atoms with Crippen LogP contribution in [-0.2, 0) is 4.79 Å². The van der Waals surface area contributed by atoms with Crippen LogP contribution >= 0.6 is 23.6 Å².